The Balaban J connectivity index is 1.36. The minimum Gasteiger partial charge on any atom is -0.480 e. The number of unbranched alkanes of at least 4 members (excludes halogenated alkanes) is 9. The summed E-state index contributed by atoms with van der Waals surface area (Å²) in [7, 11) is 1.27. The number of aliphatic hydroxyl groups excluding tert-OH is 4. The van der Waals surface area contributed by atoms with Crippen LogP contribution in [0.4, 0.5) is 4.79 Å². The van der Waals surface area contributed by atoms with E-state index in [1.807, 2.05) is 0 Å². The fraction of sp³-hybridized carbons (Fsp3) is 0.815. The Hall–Kier alpha value is -5.38. The number of aromatic amines is 1. The first-order valence-electron chi connectivity index (χ1n) is 29.5. The second-order valence-corrected chi connectivity index (χ2v) is 22.7. The number of nitrogens with one attached hydrogen (secondary N) is 6. The van der Waals surface area contributed by atoms with Crippen LogP contribution in [0.1, 0.15) is 111 Å². The summed E-state index contributed by atoms with van der Waals surface area (Å²) < 4.78 is 30.4. The van der Waals surface area contributed by atoms with E-state index < -0.39 is 144 Å². The molecule has 478 valence electrons. The van der Waals surface area contributed by atoms with Crippen molar-refractivity contribution in [1.29, 1.82) is 0 Å². The Morgan fingerprint density at radius 3 is 2.05 bits per heavy atom. The van der Waals surface area contributed by atoms with Gasteiger partial charge in [-0.1, -0.05) is 79.1 Å². The third-order valence-electron chi connectivity index (χ3n) is 15.8. The fourth-order valence-electron chi connectivity index (χ4n) is 10.9. The molecule has 0 spiro atoms. The van der Waals surface area contributed by atoms with Crippen molar-refractivity contribution in [2.24, 2.45) is 28.3 Å². The average molecular weight is 1200 g/mol. The topological polar surface area (TPSA) is 439 Å². The molecular weight excluding hydrogens is 1100 g/mol. The van der Waals surface area contributed by atoms with Gasteiger partial charge in [0.25, 0.3) is 5.56 Å². The number of hydrogen-bond acceptors (Lipinski definition) is 22. The lowest BCUT2D eigenvalue weighted by Crippen LogP contribution is -2.66. The number of urea groups is 1. The van der Waals surface area contributed by atoms with E-state index in [1.165, 1.54) is 7.11 Å². The predicted octanol–water partition coefficient (Wildman–Crippen LogP) is -2.95. The molecule has 5 rings (SSSR count). The Morgan fingerprint density at radius 2 is 1.46 bits per heavy atom. The molecule has 1 aromatic rings. The molecule has 84 heavy (non-hydrogen) atoms. The van der Waals surface area contributed by atoms with Gasteiger partial charge in [0.2, 0.25) is 11.8 Å². The number of rotatable bonds is 36. The molecule has 0 aromatic carbocycles. The van der Waals surface area contributed by atoms with Crippen LogP contribution in [0.25, 0.3) is 0 Å². The number of nitrogens with two attached hydrogens (primary N) is 2. The zero-order valence-corrected chi connectivity index (χ0v) is 49.1. The summed E-state index contributed by atoms with van der Waals surface area (Å²) in [5, 5.41) is 79.7. The smallest absolute Gasteiger partial charge is 0.330 e. The number of carbonyl (C=O) groups excluding carboxylic acids is 3. The highest BCUT2D eigenvalue weighted by Crippen LogP contribution is 2.36. The standard InChI is InChI=1S/C54H94N12O18/c1-30(2)35(49(74)75)62-53(78)63-36(32-17-20-58-52(56)59-32)47(73)61-37(39(68)31(3)4)46(72)57-19-16-23-65(22-15-13-11-9-7-6-8-10-12-14-21-64-25-27-81-28-26-64)38(50(76)77)43(84-51-45(80-5)40(69)33(29-55)82-51)44-41(70)42(71)48(83-44)66-24-18-34(67)60-54(66)79/h18,24,30-33,35-45,48,51,68-71H,6-17,19-23,25-29,55H2,1-5H3,(H,57,72)(H,61,73)(H,74,75)(H,76,77)(H3,56,58,59)(H,60,67,79)(H2,62,63,78)/t32-,33+,35-,36-,37-,38-,39-,40+,41-,42+,43?,44-,45+,48+,51-/m0/s1. The number of aromatic nitrogens is 2. The number of hydrogen-bond donors (Lipinski definition) is 14. The Kier molecular flexibility index (Phi) is 28.7. The zero-order chi connectivity index (χ0) is 61.6. The molecule has 15 atom stereocenters. The van der Waals surface area contributed by atoms with Crippen LogP contribution in [0.15, 0.2) is 26.8 Å². The number of H-pyrrole nitrogens is 1. The Labute approximate surface area is 489 Å². The van der Waals surface area contributed by atoms with Gasteiger partial charge in [-0.3, -0.25) is 43.5 Å². The van der Waals surface area contributed by atoms with E-state index in [0.717, 1.165) is 101 Å². The largest absolute Gasteiger partial charge is 0.480 e. The van der Waals surface area contributed by atoms with Crippen molar-refractivity contribution in [3.63, 3.8) is 0 Å². The van der Waals surface area contributed by atoms with Crippen LogP contribution in [0.3, 0.4) is 0 Å². The second kappa shape index (κ2) is 34.7. The molecule has 1 aromatic heterocycles. The quantitative estimate of drug-likeness (QED) is 0.0299. The van der Waals surface area contributed by atoms with E-state index in [4.69, 9.17) is 35.2 Å². The summed E-state index contributed by atoms with van der Waals surface area (Å²) in [6.07, 6.45) is -4.70. The van der Waals surface area contributed by atoms with E-state index >= 15 is 0 Å². The van der Waals surface area contributed by atoms with Crippen molar-refractivity contribution >= 4 is 35.7 Å². The summed E-state index contributed by atoms with van der Waals surface area (Å²) >= 11 is 0. The third kappa shape index (κ3) is 20.1. The zero-order valence-electron chi connectivity index (χ0n) is 49.1. The summed E-state index contributed by atoms with van der Waals surface area (Å²) in [6, 6.07) is -7.04. The van der Waals surface area contributed by atoms with E-state index in [2.05, 4.69) is 41.5 Å². The molecule has 4 amide bonds. The highest BCUT2D eigenvalue weighted by molar-refractivity contribution is 5.94. The lowest BCUT2D eigenvalue weighted by Gasteiger charge is -2.39. The minimum atomic E-state index is -1.92. The van der Waals surface area contributed by atoms with Crippen LogP contribution in [-0.4, -0.2) is 244 Å². The predicted molar refractivity (Wildman–Crippen MR) is 303 cm³/mol. The molecule has 4 aliphatic rings. The van der Waals surface area contributed by atoms with E-state index in [0.29, 0.717) is 12.8 Å². The van der Waals surface area contributed by atoms with Gasteiger partial charge >= 0.3 is 23.7 Å². The molecule has 30 nitrogen and oxygen atoms in total. The normalized spacial score (nSPS) is 26.0. The first-order chi connectivity index (χ1) is 40.1. The number of ether oxygens (including phenoxy) is 5. The monoisotopic (exact) mass is 1200 g/mol. The number of nitrogens with zero attached hydrogens (tertiary/aromatic N) is 4. The molecule has 5 heterocycles. The molecule has 3 saturated heterocycles. The van der Waals surface area contributed by atoms with E-state index in [-0.39, 0.29) is 51.5 Å². The summed E-state index contributed by atoms with van der Waals surface area (Å²) in [6.45, 7) is 10.8. The number of aliphatic hydroxyl groups is 4. The van der Waals surface area contributed by atoms with Crippen molar-refractivity contribution in [2.75, 3.05) is 72.7 Å². The van der Waals surface area contributed by atoms with Gasteiger partial charge in [-0.25, -0.2) is 14.4 Å². The number of amides is 4. The van der Waals surface area contributed by atoms with Gasteiger partial charge in [-0.2, -0.15) is 0 Å². The Morgan fingerprint density at radius 1 is 0.821 bits per heavy atom. The number of carboxylic acids is 2. The van der Waals surface area contributed by atoms with Gasteiger partial charge in [0.05, 0.1) is 25.4 Å². The maximum absolute atomic E-state index is 14.2. The maximum atomic E-state index is 14.2. The molecule has 0 radical (unpaired) electrons. The van der Waals surface area contributed by atoms with Gasteiger partial charge in [-0.05, 0) is 50.6 Å². The number of methoxy groups -OCH3 is 1. The van der Waals surface area contributed by atoms with Crippen LogP contribution in [0.5, 0.6) is 0 Å². The van der Waals surface area contributed by atoms with Gasteiger partial charge in [-0.15, -0.1) is 0 Å². The molecule has 4 aliphatic heterocycles. The van der Waals surface area contributed by atoms with Crippen molar-refractivity contribution in [2.45, 2.75) is 196 Å². The first kappa shape index (κ1) is 69.4. The molecule has 0 bridgehead atoms. The van der Waals surface area contributed by atoms with Crippen molar-refractivity contribution < 1.29 is 78.3 Å². The van der Waals surface area contributed by atoms with Gasteiger partial charge in [0.1, 0.15) is 66.9 Å². The first-order valence-corrected chi connectivity index (χ1v) is 29.5. The van der Waals surface area contributed by atoms with Gasteiger partial charge in [0.15, 0.2) is 18.5 Å². The lowest BCUT2D eigenvalue weighted by molar-refractivity contribution is -0.238. The van der Waals surface area contributed by atoms with Crippen molar-refractivity contribution in [1.82, 2.24) is 45.9 Å². The maximum Gasteiger partial charge on any atom is 0.330 e. The minimum absolute atomic E-state index is 0.0287. The SMILES string of the molecule is CO[C@H]1[C@H](OC([C@H]2O[C@@H](n3ccc(=O)[nH]c3=O)[C@H](O)[C@@H]2O)[C@@H](C(=O)O)N(CCCCCCCCCCCCN2CCOCC2)CCCNC(=O)[C@@H](NC(=O)[C@@H](NC(=O)N[C@H](C(=O)O)C(C)C)[C@@H]2CCN=C(N)N2)[C@@H](O)C(C)C)O[C@H](CN)[C@H]1O. The average Bonchev–Trinajstić information content (AvgIpc) is 2.36. The fourth-order valence-corrected chi connectivity index (χ4v) is 10.9. The molecule has 3 fully saturated rings. The number of carboxylic acid groups (broad SMARTS) is 2. The van der Waals surface area contributed by atoms with Gasteiger partial charge in [0, 0.05) is 58.6 Å². The number of aliphatic imine (C=N–C) groups is 1. The van der Waals surface area contributed by atoms with Crippen LogP contribution < -0.4 is 49.3 Å². The molecule has 0 saturated carbocycles. The summed E-state index contributed by atoms with van der Waals surface area (Å²) in [4.78, 5) is 103. The Bertz CT molecular complexity index is 2380. The van der Waals surface area contributed by atoms with Crippen LogP contribution in [0, 0.1) is 11.8 Å². The molecule has 30 heteroatoms. The molecule has 16 N–H and O–H groups in total. The molecule has 0 aliphatic carbocycles. The second-order valence-electron chi connectivity index (χ2n) is 22.7. The summed E-state index contributed by atoms with van der Waals surface area (Å²) in [5.41, 5.74) is 10.1. The highest BCUT2D eigenvalue weighted by Gasteiger charge is 2.55. The lowest BCUT2D eigenvalue weighted by atomic mass is 9.96. The van der Waals surface area contributed by atoms with E-state index in [9.17, 15) is 64.2 Å². The summed E-state index contributed by atoms with van der Waals surface area (Å²) in [5.74, 6) is -5.72. The van der Waals surface area contributed by atoms with Gasteiger partial charge < -0.3 is 92.4 Å². The molecule has 1 unspecified atom stereocenters. The van der Waals surface area contributed by atoms with Crippen LogP contribution in [-0.2, 0) is 42.9 Å². The number of aliphatic carboxylic acids is 2. The molecular formula is C54H94N12O18. The number of guanidine groups is 1. The van der Waals surface area contributed by atoms with Crippen molar-refractivity contribution in [3.05, 3.63) is 33.1 Å². The van der Waals surface area contributed by atoms with Crippen molar-refractivity contribution in [3.8, 4) is 0 Å². The third-order valence-corrected chi connectivity index (χ3v) is 15.8. The van der Waals surface area contributed by atoms with E-state index in [1.54, 1.807) is 32.6 Å². The highest BCUT2D eigenvalue weighted by atomic mass is 16.7. The number of morpholine rings is 1. The van der Waals surface area contributed by atoms with Crippen LogP contribution in [0.2, 0.25) is 0 Å². The van der Waals surface area contributed by atoms with Crippen LogP contribution >= 0.6 is 0 Å². The number of carbonyl (C=O) groups is 5.